The van der Waals surface area contributed by atoms with Crippen LogP contribution in [0.3, 0.4) is 0 Å². The van der Waals surface area contributed by atoms with Crippen molar-refractivity contribution in [3.63, 3.8) is 0 Å². The van der Waals surface area contributed by atoms with Gasteiger partial charge >= 0.3 is 0 Å². The Morgan fingerprint density at radius 3 is 1.75 bits per heavy atom. The molecular weight excluding hydrogens is 384 g/mol. The Bertz CT molecular complexity index is 820. The monoisotopic (exact) mass is 434 g/mol. The quantitative estimate of drug-likeness (QED) is 0.362. The minimum absolute atomic E-state index is 0.125. The summed E-state index contributed by atoms with van der Waals surface area (Å²) in [5.74, 6) is 0.278. The van der Waals surface area contributed by atoms with Crippen LogP contribution < -0.4 is 0 Å². The molecule has 0 heterocycles. The van der Waals surface area contributed by atoms with Gasteiger partial charge in [0.25, 0.3) is 0 Å². The van der Waals surface area contributed by atoms with Crippen molar-refractivity contribution < 1.29 is 0 Å². The van der Waals surface area contributed by atoms with Crippen molar-refractivity contribution >= 4 is 0 Å². The predicted molar refractivity (Wildman–Crippen MR) is 142 cm³/mol. The van der Waals surface area contributed by atoms with Crippen LogP contribution in [0.2, 0.25) is 0 Å². The van der Waals surface area contributed by atoms with Gasteiger partial charge in [-0.05, 0) is 88.2 Å². The van der Waals surface area contributed by atoms with Crippen LogP contribution >= 0.6 is 0 Å². The Morgan fingerprint density at radius 2 is 1.25 bits per heavy atom. The zero-order valence-electron chi connectivity index (χ0n) is 23.3. The Kier molecular flexibility index (Phi) is 8.01. The van der Waals surface area contributed by atoms with Gasteiger partial charge in [0, 0.05) is 5.92 Å². The van der Waals surface area contributed by atoms with Gasteiger partial charge in [0.1, 0.15) is 0 Å². The molecule has 0 saturated heterocycles. The van der Waals surface area contributed by atoms with Crippen molar-refractivity contribution in [3.05, 3.63) is 58.2 Å². The molecule has 0 nitrogen and oxygen atoms in total. The van der Waals surface area contributed by atoms with Gasteiger partial charge < -0.3 is 0 Å². The van der Waals surface area contributed by atoms with Crippen LogP contribution in [-0.4, -0.2) is 0 Å². The highest BCUT2D eigenvalue weighted by Gasteiger charge is 2.33. The molecule has 0 fully saturated rings. The highest BCUT2D eigenvalue weighted by atomic mass is 14.4. The second-order valence-electron chi connectivity index (χ2n) is 12.7. The van der Waals surface area contributed by atoms with E-state index in [1.54, 1.807) is 5.57 Å². The molecule has 0 N–H and O–H groups in total. The second kappa shape index (κ2) is 9.52. The Labute approximate surface area is 201 Å². The maximum absolute atomic E-state index is 3.99. The summed E-state index contributed by atoms with van der Waals surface area (Å²) >= 11 is 0. The Balaban J connectivity index is 2.72. The van der Waals surface area contributed by atoms with Gasteiger partial charge in [-0.3, -0.25) is 0 Å². The zero-order valence-corrected chi connectivity index (χ0v) is 23.3. The van der Waals surface area contributed by atoms with Crippen molar-refractivity contribution in [2.75, 3.05) is 0 Å². The molecule has 32 heavy (non-hydrogen) atoms. The molecule has 1 aliphatic carbocycles. The molecule has 1 atom stereocenters. The minimum Gasteiger partial charge on any atom is -0.0646 e. The summed E-state index contributed by atoms with van der Waals surface area (Å²) in [7, 11) is 0. The number of hydrogen-bond acceptors (Lipinski definition) is 0. The summed E-state index contributed by atoms with van der Waals surface area (Å²) < 4.78 is 0. The Hall–Kier alpha value is -1.30. The van der Waals surface area contributed by atoms with Crippen LogP contribution in [0, 0.1) is 23.0 Å². The first-order valence-corrected chi connectivity index (χ1v) is 13.1. The highest BCUT2D eigenvalue weighted by Crippen LogP contribution is 2.46. The number of benzene rings is 1. The first-order chi connectivity index (χ1) is 14.6. The summed E-state index contributed by atoms with van der Waals surface area (Å²) in [5.41, 5.74) is 7.74. The highest BCUT2D eigenvalue weighted by molar-refractivity contribution is 5.43. The maximum Gasteiger partial charge on any atom is 0.0139 e. The molecule has 0 bridgehead atoms. The number of allylic oxidation sites excluding steroid dienone is 4. The molecule has 1 aromatic carbocycles. The smallest absolute Gasteiger partial charge is 0.0139 e. The summed E-state index contributed by atoms with van der Waals surface area (Å²) in [6.45, 7) is 28.3. The third-order valence-corrected chi connectivity index (χ3v) is 8.98. The van der Waals surface area contributed by atoms with Gasteiger partial charge in [0.05, 0.1) is 0 Å². The fourth-order valence-corrected chi connectivity index (χ4v) is 4.13. The van der Waals surface area contributed by atoms with E-state index in [2.05, 4.69) is 113 Å². The maximum atomic E-state index is 3.99. The fourth-order valence-electron chi connectivity index (χ4n) is 4.13. The summed E-state index contributed by atoms with van der Waals surface area (Å²) in [6, 6.07) is 8.81. The van der Waals surface area contributed by atoms with Crippen molar-refractivity contribution in [1.82, 2.24) is 0 Å². The van der Waals surface area contributed by atoms with E-state index in [0.717, 1.165) is 32.1 Å². The van der Waals surface area contributed by atoms with Crippen molar-refractivity contribution in [1.29, 1.82) is 0 Å². The lowest BCUT2D eigenvalue weighted by atomic mass is 9.67. The normalized spacial score (nSPS) is 18.4. The van der Waals surface area contributed by atoms with E-state index in [-0.39, 0.29) is 27.6 Å². The molecule has 178 valence electrons. The molecule has 0 saturated carbocycles. The predicted octanol–water partition coefficient (Wildman–Crippen LogP) is 9.88. The molecule has 0 aliphatic heterocycles. The third kappa shape index (κ3) is 5.60. The molecule has 0 spiro atoms. The number of rotatable bonds is 9. The molecule has 2 radical (unpaired) electrons. The van der Waals surface area contributed by atoms with Crippen LogP contribution in [0.4, 0.5) is 0 Å². The van der Waals surface area contributed by atoms with E-state index in [0.29, 0.717) is 0 Å². The van der Waals surface area contributed by atoms with Crippen LogP contribution in [0.5, 0.6) is 0 Å². The SMILES string of the molecule is CCC(C)(C)C1=[C]C(c2[c]c(C(C)(C)CC)cc(C(C)(C)CC)c2)CC(C(C)(C)CC)=C1. The summed E-state index contributed by atoms with van der Waals surface area (Å²) in [6.07, 6.45) is 12.1. The largest absolute Gasteiger partial charge is 0.0646 e. The topological polar surface area (TPSA) is 0 Å². The second-order valence-corrected chi connectivity index (χ2v) is 12.7. The van der Waals surface area contributed by atoms with Crippen LogP contribution in [0.25, 0.3) is 0 Å². The van der Waals surface area contributed by atoms with Gasteiger partial charge in [-0.25, -0.2) is 0 Å². The average molecular weight is 435 g/mol. The Morgan fingerprint density at radius 1 is 0.719 bits per heavy atom. The molecule has 0 amide bonds. The zero-order chi connectivity index (χ0) is 24.5. The minimum atomic E-state index is 0.125. The summed E-state index contributed by atoms with van der Waals surface area (Å²) in [4.78, 5) is 0. The molecular formula is C32H50. The van der Waals surface area contributed by atoms with E-state index in [4.69, 9.17) is 0 Å². The van der Waals surface area contributed by atoms with E-state index in [9.17, 15) is 0 Å². The first kappa shape index (κ1) is 26.9. The number of hydrogen-bond donors (Lipinski definition) is 0. The van der Waals surface area contributed by atoms with E-state index < -0.39 is 0 Å². The van der Waals surface area contributed by atoms with E-state index in [1.165, 1.54) is 22.3 Å². The van der Waals surface area contributed by atoms with Gasteiger partial charge in [-0.15, -0.1) is 0 Å². The van der Waals surface area contributed by atoms with Gasteiger partial charge in [0.2, 0.25) is 0 Å². The third-order valence-electron chi connectivity index (χ3n) is 8.98. The molecule has 1 aromatic rings. The molecule has 2 rings (SSSR count). The lowest BCUT2D eigenvalue weighted by molar-refractivity contribution is 0.389. The summed E-state index contributed by atoms with van der Waals surface area (Å²) in [5, 5.41) is 0. The van der Waals surface area contributed by atoms with Crippen molar-refractivity contribution in [2.24, 2.45) is 10.8 Å². The van der Waals surface area contributed by atoms with Crippen LogP contribution in [0.1, 0.15) is 138 Å². The standard InChI is InChI=1S/C32H50/c1-13-29(5,6)25-17-23(18-26(21-25)30(7,8)14-2)24-19-27(31(9,10)15-3)22-28(20-24)32(11,12)16-4/h17,21-22,24H,13-16,19H2,1-12H3. The van der Waals surface area contributed by atoms with Gasteiger partial charge in [-0.1, -0.05) is 107 Å². The lowest BCUT2D eigenvalue weighted by Gasteiger charge is -2.37. The molecule has 1 aliphatic rings. The molecule has 0 heteroatoms. The van der Waals surface area contributed by atoms with Crippen molar-refractivity contribution in [2.45, 2.75) is 132 Å². The average Bonchev–Trinajstić information content (AvgIpc) is 2.78. The van der Waals surface area contributed by atoms with Crippen LogP contribution in [-0.2, 0) is 10.8 Å². The van der Waals surface area contributed by atoms with E-state index in [1.807, 2.05) is 0 Å². The van der Waals surface area contributed by atoms with Gasteiger partial charge in [-0.2, -0.15) is 0 Å². The lowest BCUT2D eigenvalue weighted by Crippen LogP contribution is -2.24. The molecule has 1 unspecified atom stereocenters. The molecule has 0 aromatic heterocycles. The fraction of sp³-hybridized carbons (Fsp3) is 0.688. The van der Waals surface area contributed by atoms with Crippen molar-refractivity contribution in [3.8, 4) is 0 Å². The van der Waals surface area contributed by atoms with E-state index >= 15 is 0 Å². The first-order valence-electron chi connectivity index (χ1n) is 13.1. The van der Waals surface area contributed by atoms with Crippen LogP contribution in [0.15, 0.2) is 29.4 Å². The van der Waals surface area contributed by atoms with Gasteiger partial charge in [0.15, 0.2) is 0 Å².